The Bertz CT molecular complexity index is 367. The molecule has 0 saturated carbocycles. The summed E-state index contributed by atoms with van der Waals surface area (Å²) in [7, 11) is 1.80. The van der Waals surface area contributed by atoms with Gasteiger partial charge in [-0.05, 0) is 6.92 Å². The fraction of sp³-hybridized carbons (Fsp3) is 0.636. The van der Waals surface area contributed by atoms with Gasteiger partial charge in [0.05, 0.1) is 19.3 Å². The number of aryl methyl sites for hydroxylation is 1. The highest BCUT2D eigenvalue weighted by Crippen LogP contribution is 2.20. The van der Waals surface area contributed by atoms with Crippen molar-refractivity contribution in [2.75, 3.05) is 30.9 Å². The van der Waals surface area contributed by atoms with Crippen LogP contribution < -0.4 is 10.6 Å². The number of aliphatic hydroxyl groups is 2. The van der Waals surface area contributed by atoms with E-state index in [-0.39, 0.29) is 13.2 Å². The number of nitrogens with zero attached hydrogens (tertiary/aromatic N) is 2. The number of nitrogens with one attached hydrogen (secondary N) is 2. The Hall–Kier alpha value is -1.40. The Morgan fingerprint density at radius 2 is 1.76 bits per heavy atom. The summed E-state index contributed by atoms with van der Waals surface area (Å²) in [5.74, 6) is 2.13. The summed E-state index contributed by atoms with van der Waals surface area (Å²) in [5, 5.41) is 24.1. The van der Waals surface area contributed by atoms with Crippen LogP contribution in [0.3, 0.4) is 0 Å². The number of hydrogen-bond acceptors (Lipinski definition) is 6. The molecule has 0 unspecified atom stereocenters. The monoisotopic (exact) mass is 240 g/mol. The molecule has 0 aliphatic carbocycles. The lowest BCUT2D eigenvalue weighted by molar-refractivity contribution is 0.203. The van der Waals surface area contributed by atoms with Crippen LogP contribution in [-0.4, -0.2) is 46.5 Å². The molecule has 0 atom stereocenters. The van der Waals surface area contributed by atoms with E-state index < -0.39 is 6.04 Å². The molecule has 4 N–H and O–H groups in total. The van der Waals surface area contributed by atoms with E-state index in [0.29, 0.717) is 5.82 Å². The summed E-state index contributed by atoms with van der Waals surface area (Å²) in [6.45, 7) is 3.58. The normalized spacial score (nSPS) is 10.7. The van der Waals surface area contributed by atoms with Crippen molar-refractivity contribution in [3.8, 4) is 0 Å². The second-order valence-corrected chi connectivity index (χ2v) is 3.77. The van der Waals surface area contributed by atoms with Crippen LogP contribution in [-0.2, 0) is 6.42 Å². The van der Waals surface area contributed by atoms with Gasteiger partial charge in [0, 0.05) is 19.0 Å². The summed E-state index contributed by atoms with van der Waals surface area (Å²) in [6, 6.07) is -0.405. The molecule has 1 heterocycles. The van der Waals surface area contributed by atoms with Crippen molar-refractivity contribution in [2.45, 2.75) is 26.3 Å². The number of rotatable bonds is 6. The number of hydrogen-bond donors (Lipinski definition) is 4. The van der Waals surface area contributed by atoms with E-state index in [0.717, 1.165) is 23.6 Å². The molecule has 0 radical (unpaired) electrons. The first-order valence-electron chi connectivity index (χ1n) is 5.69. The first-order chi connectivity index (χ1) is 8.15. The van der Waals surface area contributed by atoms with Crippen molar-refractivity contribution in [3.63, 3.8) is 0 Å². The molecule has 1 aromatic heterocycles. The first-order valence-corrected chi connectivity index (χ1v) is 5.69. The molecule has 0 saturated heterocycles. The van der Waals surface area contributed by atoms with E-state index in [9.17, 15) is 0 Å². The van der Waals surface area contributed by atoms with E-state index in [1.807, 2.05) is 13.8 Å². The maximum Gasteiger partial charge on any atom is 0.135 e. The van der Waals surface area contributed by atoms with E-state index >= 15 is 0 Å². The predicted molar refractivity (Wildman–Crippen MR) is 67.3 cm³/mol. The van der Waals surface area contributed by atoms with Crippen LogP contribution >= 0.6 is 0 Å². The third-order valence-corrected chi connectivity index (χ3v) is 2.53. The van der Waals surface area contributed by atoms with Crippen LogP contribution in [0.2, 0.25) is 0 Å². The van der Waals surface area contributed by atoms with Gasteiger partial charge in [0.1, 0.15) is 17.5 Å². The lowest BCUT2D eigenvalue weighted by atomic mass is 10.2. The molecular weight excluding hydrogens is 220 g/mol. The van der Waals surface area contributed by atoms with Crippen LogP contribution in [0, 0.1) is 6.92 Å². The summed E-state index contributed by atoms with van der Waals surface area (Å²) < 4.78 is 0. The van der Waals surface area contributed by atoms with Gasteiger partial charge < -0.3 is 20.8 Å². The van der Waals surface area contributed by atoms with Gasteiger partial charge in [-0.3, -0.25) is 0 Å². The van der Waals surface area contributed by atoms with Crippen LogP contribution in [0.1, 0.15) is 18.3 Å². The maximum atomic E-state index is 9.05. The zero-order valence-corrected chi connectivity index (χ0v) is 10.5. The zero-order valence-electron chi connectivity index (χ0n) is 10.5. The van der Waals surface area contributed by atoms with E-state index in [4.69, 9.17) is 10.2 Å². The highest BCUT2D eigenvalue weighted by atomic mass is 16.3. The topological polar surface area (TPSA) is 90.3 Å². The van der Waals surface area contributed by atoms with Gasteiger partial charge in [-0.1, -0.05) is 6.92 Å². The standard InChI is InChI=1S/C11H20N4O2/c1-4-9-14-10(12-3)7(2)11(15-9)13-8(5-16)6-17/h8,16-17H,4-6H2,1-3H3,(H2,12,13,14,15). The van der Waals surface area contributed by atoms with Crippen LogP contribution in [0.25, 0.3) is 0 Å². The van der Waals surface area contributed by atoms with Crippen molar-refractivity contribution in [2.24, 2.45) is 0 Å². The highest BCUT2D eigenvalue weighted by Gasteiger charge is 2.12. The minimum Gasteiger partial charge on any atom is -0.394 e. The third kappa shape index (κ3) is 3.28. The average molecular weight is 240 g/mol. The maximum absolute atomic E-state index is 9.05. The molecule has 0 aliphatic rings. The Labute approximate surface area is 101 Å². The molecule has 6 heteroatoms. The third-order valence-electron chi connectivity index (χ3n) is 2.53. The van der Waals surface area contributed by atoms with Gasteiger partial charge in [-0.15, -0.1) is 0 Å². The Kier molecular flexibility index (Phi) is 5.11. The van der Waals surface area contributed by atoms with Crippen molar-refractivity contribution in [3.05, 3.63) is 11.4 Å². The summed E-state index contributed by atoms with van der Waals surface area (Å²) in [6.07, 6.45) is 0.729. The Balaban J connectivity index is 3.04. The molecule has 0 spiro atoms. The second-order valence-electron chi connectivity index (χ2n) is 3.77. The highest BCUT2D eigenvalue weighted by molar-refractivity contribution is 5.57. The van der Waals surface area contributed by atoms with Crippen molar-refractivity contribution >= 4 is 11.6 Å². The lowest BCUT2D eigenvalue weighted by Crippen LogP contribution is -2.29. The van der Waals surface area contributed by atoms with Gasteiger partial charge in [-0.25, -0.2) is 9.97 Å². The lowest BCUT2D eigenvalue weighted by Gasteiger charge is -2.18. The molecule has 0 amide bonds. The molecular formula is C11H20N4O2. The van der Waals surface area contributed by atoms with E-state index in [2.05, 4.69) is 20.6 Å². The fourth-order valence-corrected chi connectivity index (χ4v) is 1.45. The molecule has 1 aromatic rings. The van der Waals surface area contributed by atoms with Crippen molar-refractivity contribution in [1.82, 2.24) is 9.97 Å². The average Bonchev–Trinajstić information content (AvgIpc) is 2.37. The van der Waals surface area contributed by atoms with Gasteiger partial charge in [0.2, 0.25) is 0 Å². The summed E-state index contributed by atoms with van der Waals surface area (Å²) >= 11 is 0. The fourth-order valence-electron chi connectivity index (χ4n) is 1.45. The molecule has 0 aliphatic heterocycles. The van der Waals surface area contributed by atoms with E-state index in [1.54, 1.807) is 7.05 Å². The van der Waals surface area contributed by atoms with Crippen LogP contribution in [0.15, 0.2) is 0 Å². The molecule has 6 nitrogen and oxygen atoms in total. The summed E-state index contributed by atoms with van der Waals surface area (Å²) in [5.41, 5.74) is 0.872. The van der Waals surface area contributed by atoms with E-state index in [1.165, 1.54) is 0 Å². The Morgan fingerprint density at radius 1 is 1.18 bits per heavy atom. The molecule has 0 aromatic carbocycles. The van der Waals surface area contributed by atoms with Crippen LogP contribution in [0.5, 0.6) is 0 Å². The number of aliphatic hydroxyl groups excluding tert-OH is 2. The molecule has 0 bridgehead atoms. The SMILES string of the molecule is CCc1nc(NC)c(C)c(NC(CO)CO)n1. The van der Waals surface area contributed by atoms with Gasteiger partial charge in [0.25, 0.3) is 0 Å². The van der Waals surface area contributed by atoms with Crippen LogP contribution in [0.4, 0.5) is 11.6 Å². The molecule has 96 valence electrons. The summed E-state index contributed by atoms with van der Waals surface area (Å²) in [4.78, 5) is 8.69. The minimum absolute atomic E-state index is 0.143. The van der Waals surface area contributed by atoms with Crippen molar-refractivity contribution in [1.29, 1.82) is 0 Å². The molecule has 1 rings (SSSR count). The second kappa shape index (κ2) is 6.36. The predicted octanol–water partition coefficient (Wildman–Crippen LogP) is 0.154. The van der Waals surface area contributed by atoms with Gasteiger partial charge >= 0.3 is 0 Å². The van der Waals surface area contributed by atoms with Crippen molar-refractivity contribution < 1.29 is 10.2 Å². The molecule has 0 fully saturated rings. The number of aromatic nitrogens is 2. The quantitative estimate of drug-likeness (QED) is 0.566. The van der Waals surface area contributed by atoms with Gasteiger partial charge in [0.15, 0.2) is 0 Å². The minimum atomic E-state index is -0.405. The largest absolute Gasteiger partial charge is 0.394 e. The smallest absolute Gasteiger partial charge is 0.135 e. The zero-order chi connectivity index (χ0) is 12.8. The first kappa shape index (κ1) is 13.7. The molecule has 17 heavy (non-hydrogen) atoms. The Morgan fingerprint density at radius 3 is 2.24 bits per heavy atom. The number of anilines is 2. The van der Waals surface area contributed by atoms with Gasteiger partial charge in [-0.2, -0.15) is 0 Å².